The summed E-state index contributed by atoms with van der Waals surface area (Å²) >= 11 is 0. The van der Waals surface area contributed by atoms with Crippen molar-refractivity contribution in [1.82, 2.24) is 5.43 Å². The standard InChI is InChI=1S/C21H16FN3O3/c22-17-9-5-14(6-10-17)20(27)24-18-11-7-15(8-12-18)21(28)25-23-13-16-3-1-2-4-19(16)26/h1-13,26H,(H,24,27)(H,25,28)/b23-13-. The molecule has 0 saturated carbocycles. The van der Waals surface area contributed by atoms with E-state index in [2.05, 4.69) is 15.8 Å². The number of aromatic hydroxyl groups is 1. The first kappa shape index (κ1) is 18.8. The minimum Gasteiger partial charge on any atom is -0.507 e. The van der Waals surface area contributed by atoms with Crippen molar-refractivity contribution in [2.24, 2.45) is 5.10 Å². The van der Waals surface area contributed by atoms with Gasteiger partial charge in [-0.25, -0.2) is 9.82 Å². The Kier molecular flexibility index (Phi) is 5.76. The molecule has 2 amide bonds. The van der Waals surface area contributed by atoms with Crippen molar-refractivity contribution in [2.45, 2.75) is 0 Å². The van der Waals surface area contributed by atoms with Crippen molar-refractivity contribution < 1.29 is 19.1 Å². The average Bonchev–Trinajstić information content (AvgIpc) is 2.70. The molecule has 0 aliphatic carbocycles. The zero-order valence-corrected chi connectivity index (χ0v) is 14.6. The molecule has 3 aromatic rings. The lowest BCUT2D eigenvalue weighted by atomic mass is 10.1. The number of carbonyl (C=O) groups excluding carboxylic acids is 2. The number of hydrazone groups is 1. The minimum absolute atomic E-state index is 0.0572. The lowest BCUT2D eigenvalue weighted by Crippen LogP contribution is -2.18. The third-order valence-corrected chi connectivity index (χ3v) is 3.82. The zero-order valence-electron chi connectivity index (χ0n) is 14.6. The second-order valence-corrected chi connectivity index (χ2v) is 5.80. The van der Waals surface area contributed by atoms with Gasteiger partial charge in [-0.05, 0) is 60.7 Å². The van der Waals surface area contributed by atoms with Gasteiger partial charge < -0.3 is 10.4 Å². The number of carbonyl (C=O) groups is 2. The van der Waals surface area contributed by atoms with Crippen molar-refractivity contribution in [3.8, 4) is 5.75 Å². The summed E-state index contributed by atoms with van der Waals surface area (Å²) in [6.45, 7) is 0. The number of nitrogens with zero attached hydrogens (tertiary/aromatic N) is 1. The molecule has 0 aromatic heterocycles. The first-order valence-corrected chi connectivity index (χ1v) is 8.31. The molecular weight excluding hydrogens is 361 g/mol. The van der Waals surface area contributed by atoms with Crippen LogP contribution in [0.2, 0.25) is 0 Å². The monoisotopic (exact) mass is 377 g/mol. The predicted molar refractivity (Wildman–Crippen MR) is 104 cm³/mol. The van der Waals surface area contributed by atoms with Gasteiger partial charge in [0, 0.05) is 22.4 Å². The molecule has 6 nitrogen and oxygen atoms in total. The van der Waals surface area contributed by atoms with E-state index < -0.39 is 11.7 Å². The molecule has 140 valence electrons. The van der Waals surface area contributed by atoms with Gasteiger partial charge in [-0.2, -0.15) is 5.10 Å². The van der Waals surface area contributed by atoms with Gasteiger partial charge in [0.25, 0.3) is 11.8 Å². The summed E-state index contributed by atoms with van der Waals surface area (Å²) in [6, 6.07) is 18.0. The SMILES string of the molecule is O=C(N/N=C\c1ccccc1O)c1ccc(NC(=O)c2ccc(F)cc2)cc1. The molecule has 0 saturated heterocycles. The molecule has 0 spiro atoms. The Morgan fingerprint density at radius 3 is 2.14 bits per heavy atom. The van der Waals surface area contributed by atoms with Crippen LogP contribution in [-0.2, 0) is 0 Å². The fourth-order valence-corrected chi connectivity index (χ4v) is 2.33. The molecule has 0 bridgehead atoms. The van der Waals surface area contributed by atoms with Gasteiger partial charge in [0.15, 0.2) is 0 Å². The van der Waals surface area contributed by atoms with Gasteiger partial charge in [0.05, 0.1) is 6.21 Å². The second kappa shape index (κ2) is 8.59. The summed E-state index contributed by atoms with van der Waals surface area (Å²) in [5.74, 6) is -1.19. The maximum Gasteiger partial charge on any atom is 0.271 e. The molecule has 0 unspecified atom stereocenters. The highest BCUT2D eigenvalue weighted by Crippen LogP contribution is 2.13. The fraction of sp³-hybridized carbons (Fsp3) is 0. The summed E-state index contributed by atoms with van der Waals surface area (Å²) in [6.07, 6.45) is 1.34. The third-order valence-electron chi connectivity index (χ3n) is 3.82. The Balaban J connectivity index is 1.59. The van der Waals surface area contributed by atoms with Crippen molar-refractivity contribution in [1.29, 1.82) is 0 Å². The third kappa shape index (κ3) is 4.79. The molecule has 3 N–H and O–H groups in total. The van der Waals surface area contributed by atoms with E-state index in [9.17, 15) is 19.1 Å². The van der Waals surface area contributed by atoms with Crippen molar-refractivity contribution >= 4 is 23.7 Å². The van der Waals surface area contributed by atoms with Gasteiger partial charge >= 0.3 is 0 Å². The van der Waals surface area contributed by atoms with Crippen LogP contribution in [0.5, 0.6) is 5.75 Å². The normalized spacial score (nSPS) is 10.6. The quantitative estimate of drug-likeness (QED) is 0.469. The highest BCUT2D eigenvalue weighted by Gasteiger charge is 2.08. The van der Waals surface area contributed by atoms with Gasteiger partial charge in [0.1, 0.15) is 11.6 Å². The van der Waals surface area contributed by atoms with E-state index in [0.29, 0.717) is 22.4 Å². The number of benzene rings is 3. The number of rotatable bonds is 5. The van der Waals surface area contributed by atoms with E-state index >= 15 is 0 Å². The van der Waals surface area contributed by atoms with Crippen LogP contribution in [-0.4, -0.2) is 23.1 Å². The van der Waals surface area contributed by atoms with E-state index in [0.717, 1.165) is 0 Å². The maximum atomic E-state index is 12.9. The maximum absolute atomic E-state index is 12.9. The minimum atomic E-state index is -0.442. The van der Waals surface area contributed by atoms with Crippen molar-refractivity contribution in [3.63, 3.8) is 0 Å². The molecule has 0 fully saturated rings. The molecule has 3 rings (SSSR count). The number of amides is 2. The fourth-order valence-electron chi connectivity index (χ4n) is 2.33. The molecule has 0 heterocycles. The average molecular weight is 377 g/mol. The highest BCUT2D eigenvalue weighted by molar-refractivity contribution is 6.04. The summed E-state index contributed by atoms with van der Waals surface area (Å²) in [4.78, 5) is 24.2. The Hall–Kier alpha value is -4.00. The molecule has 0 atom stereocenters. The molecule has 28 heavy (non-hydrogen) atoms. The summed E-state index contributed by atoms with van der Waals surface area (Å²) in [5.41, 5.74) is 3.99. The lowest BCUT2D eigenvalue weighted by Gasteiger charge is -2.06. The molecule has 0 aliphatic rings. The van der Waals surface area contributed by atoms with Gasteiger partial charge in [-0.15, -0.1) is 0 Å². The van der Waals surface area contributed by atoms with E-state index in [-0.39, 0.29) is 11.7 Å². The highest BCUT2D eigenvalue weighted by atomic mass is 19.1. The number of para-hydroxylation sites is 1. The summed E-state index contributed by atoms with van der Waals surface area (Å²) < 4.78 is 12.9. The topological polar surface area (TPSA) is 90.8 Å². The van der Waals surface area contributed by atoms with E-state index in [4.69, 9.17) is 0 Å². The van der Waals surface area contributed by atoms with Crippen LogP contribution in [0.25, 0.3) is 0 Å². The molecule has 7 heteroatoms. The first-order chi connectivity index (χ1) is 13.5. The number of anilines is 1. The smallest absolute Gasteiger partial charge is 0.271 e. The largest absolute Gasteiger partial charge is 0.507 e. The number of hydrogen-bond donors (Lipinski definition) is 3. The van der Waals surface area contributed by atoms with Crippen LogP contribution in [0.3, 0.4) is 0 Å². The lowest BCUT2D eigenvalue weighted by molar-refractivity contribution is 0.0954. The van der Waals surface area contributed by atoms with Crippen molar-refractivity contribution in [2.75, 3.05) is 5.32 Å². The number of nitrogens with one attached hydrogen (secondary N) is 2. The van der Waals surface area contributed by atoms with Crippen molar-refractivity contribution in [3.05, 3.63) is 95.3 Å². The molecular formula is C21H16FN3O3. The first-order valence-electron chi connectivity index (χ1n) is 8.31. The molecule has 0 aliphatic heterocycles. The van der Waals surface area contributed by atoms with E-state index in [1.807, 2.05) is 0 Å². The van der Waals surface area contributed by atoms with E-state index in [1.54, 1.807) is 30.3 Å². The number of halogens is 1. The van der Waals surface area contributed by atoms with Crippen LogP contribution in [0.15, 0.2) is 77.9 Å². The van der Waals surface area contributed by atoms with Crippen LogP contribution in [0.1, 0.15) is 26.3 Å². The Morgan fingerprint density at radius 1 is 0.857 bits per heavy atom. The van der Waals surface area contributed by atoms with Crippen LogP contribution in [0.4, 0.5) is 10.1 Å². The van der Waals surface area contributed by atoms with Gasteiger partial charge in [-0.1, -0.05) is 12.1 Å². The van der Waals surface area contributed by atoms with Gasteiger partial charge in [-0.3, -0.25) is 9.59 Å². The Morgan fingerprint density at radius 2 is 1.46 bits per heavy atom. The Labute approximate surface area is 160 Å². The van der Waals surface area contributed by atoms with Gasteiger partial charge in [0.2, 0.25) is 0 Å². The molecule has 3 aromatic carbocycles. The summed E-state index contributed by atoms with van der Waals surface area (Å²) in [7, 11) is 0. The van der Waals surface area contributed by atoms with Crippen LogP contribution >= 0.6 is 0 Å². The predicted octanol–water partition coefficient (Wildman–Crippen LogP) is 3.55. The molecule has 0 radical (unpaired) electrons. The number of phenols is 1. The van der Waals surface area contributed by atoms with E-state index in [1.165, 1.54) is 48.7 Å². The zero-order chi connectivity index (χ0) is 19.9. The summed E-state index contributed by atoms with van der Waals surface area (Å²) in [5, 5.41) is 16.1. The second-order valence-electron chi connectivity index (χ2n) is 5.80. The van der Waals surface area contributed by atoms with Crippen LogP contribution in [0, 0.1) is 5.82 Å². The number of hydrogen-bond acceptors (Lipinski definition) is 4. The number of phenolic OH excluding ortho intramolecular Hbond substituents is 1. The Bertz CT molecular complexity index is 1020. The van der Waals surface area contributed by atoms with Crippen LogP contribution < -0.4 is 10.7 Å².